The lowest BCUT2D eigenvalue weighted by atomic mass is 9.97. The number of Topliss-reactive ketones (excluding diaryl/α,β-unsaturated/α-hetero) is 2. The summed E-state index contributed by atoms with van der Waals surface area (Å²) in [4.78, 5) is 77.6. The van der Waals surface area contributed by atoms with Crippen molar-refractivity contribution in [3.05, 3.63) is 23.3 Å². The van der Waals surface area contributed by atoms with Gasteiger partial charge in [-0.2, -0.15) is 0 Å². The number of hydrogen-bond acceptors (Lipinski definition) is 8. The second-order valence-corrected chi connectivity index (χ2v) is 12.4. The van der Waals surface area contributed by atoms with Crippen molar-refractivity contribution in [2.45, 2.75) is 128 Å². The summed E-state index contributed by atoms with van der Waals surface area (Å²) in [6.07, 6.45) is 14.5. The highest BCUT2D eigenvalue weighted by Gasteiger charge is 2.42. The van der Waals surface area contributed by atoms with Gasteiger partial charge in [0.1, 0.15) is 6.04 Å². The molecule has 5 aliphatic heterocycles. The van der Waals surface area contributed by atoms with Gasteiger partial charge >= 0.3 is 11.9 Å². The molecule has 0 aromatic heterocycles. The van der Waals surface area contributed by atoms with Gasteiger partial charge in [0.05, 0.1) is 19.0 Å². The number of allylic oxidation sites excluding steroid dienone is 2. The van der Waals surface area contributed by atoms with Gasteiger partial charge < -0.3 is 27.3 Å². The van der Waals surface area contributed by atoms with Gasteiger partial charge in [0, 0.05) is 68.2 Å². The van der Waals surface area contributed by atoms with Gasteiger partial charge in [-0.25, -0.2) is 4.79 Å². The second kappa shape index (κ2) is 16.4. The molecule has 5 rings (SSSR count). The molecule has 4 bridgehead atoms. The minimum absolute atomic E-state index is 0. The van der Waals surface area contributed by atoms with Crippen molar-refractivity contribution in [3.8, 4) is 0 Å². The number of carbonyl (C=O) groups is 6. The van der Waals surface area contributed by atoms with Crippen LogP contribution in [0.1, 0.15) is 104 Å². The summed E-state index contributed by atoms with van der Waals surface area (Å²) < 4.78 is 0. The van der Waals surface area contributed by atoms with Gasteiger partial charge in [-0.1, -0.05) is 12.2 Å². The SMILES string of the molecule is CC(=O)C1=CCC[C@H]2CCC1N2CCCC(=O)ON1C(=O)CCC1=O.CC(=O)C1=CCC[C@H]2CCC1[NH+]2CCCC(=O)O.[Cl-]. The van der Waals surface area contributed by atoms with Crippen LogP contribution in [-0.2, 0) is 33.6 Å². The normalized spacial score (nSPS) is 27.7. The minimum atomic E-state index is -0.723. The number of hydroxylamine groups is 2. The number of nitrogens with one attached hydrogen (secondary N) is 1. The summed E-state index contributed by atoms with van der Waals surface area (Å²) >= 11 is 0. The molecular weight excluding hydrogens is 590 g/mol. The predicted octanol–water partition coefficient (Wildman–Crippen LogP) is -0.904. The lowest BCUT2D eigenvalue weighted by molar-refractivity contribution is -0.930. The topological polar surface area (TPSA) is 143 Å². The summed E-state index contributed by atoms with van der Waals surface area (Å²) in [5, 5.41) is 9.30. The molecule has 0 aromatic rings. The fourth-order valence-electron chi connectivity index (χ4n) is 7.58. The Kier molecular flexibility index (Phi) is 13.3. The Morgan fingerprint density at radius 2 is 1.52 bits per heavy atom. The third-order valence-electron chi connectivity index (χ3n) is 9.56. The summed E-state index contributed by atoms with van der Waals surface area (Å²) in [5.74, 6) is -1.88. The molecule has 5 aliphatic rings. The molecule has 44 heavy (non-hydrogen) atoms. The van der Waals surface area contributed by atoms with Crippen LogP contribution in [0.2, 0.25) is 0 Å². The van der Waals surface area contributed by atoms with Crippen LogP contribution < -0.4 is 17.3 Å². The van der Waals surface area contributed by atoms with Crippen molar-refractivity contribution in [3.63, 3.8) is 0 Å². The van der Waals surface area contributed by atoms with E-state index >= 15 is 0 Å². The maximum absolute atomic E-state index is 11.9. The van der Waals surface area contributed by atoms with Crippen molar-refractivity contribution >= 4 is 35.3 Å². The van der Waals surface area contributed by atoms with E-state index in [2.05, 4.69) is 17.1 Å². The highest BCUT2D eigenvalue weighted by Crippen LogP contribution is 2.35. The van der Waals surface area contributed by atoms with Gasteiger partial charge in [0.2, 0.25) is 0 Å². The number of nitrogens with zero attached hydrogens (tertiary/aromatic N) is 2. The number of quaternary nitrogens is 1. The van der Waals surface area contributed by atoms with Crippen LogP contribution in [0.25, 0.3) is 0 Å². The Hall–Kier alpha value is -2.89. The molecule has 0 aromatic carbocycles. The average molecular weight is 636 g/mol. The molecule has 2 amide bonds. The number of hydrogen-bond donors (Lipinski definition) is 2. The molecule has 0 aliphatic carbocycles. The molecule has 0 spiro atoms. The highest BCUT2D eigenvalue weighted by molar-refractivity contribution is 6.01. The molecule has 0 saturated carbocycles. The van der Waals surface area contributed by atoms with Crippen LogP contribution in [0.4, 0.5) is 0 Å². The maximum atomic E-state index is 11.9. The standard InChI is InChI=1S/C18H24N2O5.C14H21NO3.ClH/c1-12(21)14-5-2-4-13-7-8-15(14)19(13)11-3-6-18(24)25-20-16(22)9-10-17(20)23;1-10(16)12-5-2-4-11-7-8-13(12)15(11)9-3-6-14(17)18;/h5,13,15H,2-4,6-11H2,1H3;5,11,13H,2-4,6-9H2,1H3,(H,17,18);1H/t13-,15?;11-,13?;/m00./s1. The Bertz CT molecular complexity index is 1170. The number of aliphatic carboxylic acids is 1. The number of carboxylic acid groups (broad SMARTS) is 1. The van der Waals surface area contributed by atoms with Crippen molar-refractivity contribution in [2.75, 3.05) is 13.1 Å². The van der Waals surface area contributed by atoms with Crippen LogP contribution >= 0.6 is 0 Å². The van der Waals surface area contributed by atoms with E-state index in [0.717, 1.165) is 62.6 Å². The van der Waals surface area contributed by atoms with Crippen LogP contribution in [0, 0.1) is 0 Å². The molecule has 3 fully saturated rings. The first kappa shape index (κ1) is 35.6. The molecule has 5 atom stereocenters. The van der Waals surface area contributed by atoms with Gasteiger partial charge in [-0.05, 0) is 58.9 Å². The highest BCUT2D eigenvalue weighted by atomic mass is 35.5. The van der Waals surface area contributed by atoms with Gasteiger partial charge in [0.25, 0.3) is 11.8 Å². The van der Waals surface area contributed by atoms with Gasteiger partial charge in [-0.15, -0.1) is 5.06 Å². The van der Waals surface area contributed by atoms with E-state index in [9.17, 15) is 28.8 Å². The first-order valence-electron chi connectivity index (χ1n) is 15.9. The third-order valence-corrected chi connectivity index (χ3v) is 9.56. The third kappa shape index (κ3) is 8.85. The van der Waals surface area contributed by atoms with Crippen molar-refractivity contribution in [1.82, 2.24) is 9.96 Å². The Morgan fingerprint density at radius 3 is 2.18 bits per heavy atom. The number of rotatable bonds is 11. The molecular formula is C32H46ClN3O8. The number of halogens is 1. The minimum Gasteiger partial charge on any atom is -1.00 e. The molecule has 5 heterocycles. The summed E-state index contributed by atoms with van der Waals surface area (Å²) in [5.41, 5.74) is 1.89. The smallest absolute Gasteiger partial charge is 0.333 e. The second-order valence-electron chi connectivity index (χ2n) is 12.4. The van der Waals surface area contributed by atoms with E-state index in [0.29, 0.717) is 42.6 Å². The summed E-state index contributed by atoms with van der Waals surface area (Å²) in [6.45, 7) is 4.85. The Morgan fingerprint density at radius 1 is 0.864 bits per heavy atom. The van der Waals surface area contributed by atoms with Crippen molar-refractivity contribution < 1.29 is 56.0 Å². The van der Waals surface area contributed by atoms with Crippen molar-refractivity contribution in [2.24, 2.45) is 0 Å². The molecule has 3 saturated heterocycles. The number of ketones is 2. The van der Waals surface area contributed by atoms with E-state index < -0.39 is 23.8 Å². The maximum Gasteiger partial charge on any atom is 0.333 e. The van der Waals surface area contributed by atoms with Gasteiger partial charge in [0.15, 0.2) is 11.6 Å². The molecule has 11 nitrogen and oxygen atoms in total. The zero-order chi connectivity index (χ0) is 31.1. The number of amides is 2. The molecule has 244 valence electrons. The Labute approximate surface area is 265 Å². The van der Waals surface area contributed by atoms with E-state index in [4.69, 9.17) is 9.94 Å². The molecule has 0 radical (unpaired) electrons. The quantitative estimate of drug-likeness (QED) is 0.276. The lowest BCUT2D eigenvalue weighted by Gasteiger charge is -2.29. The lowest BCUT2D eigenvalue weighted by Crippen LogP contribution is -3.17. The molecule has 2 N–H and O–H groups in total. The van der Waals surface area contributed by atoms with E-state index in [1.807, 2.05) is 0 Å². The van der Waals surface area contributed by atoms with Crippen LogP contribution in [0.3, 0.4) is 0 Å². The first-order valence-corrected chi connectivity index (χ1v) is 15.9. The fraction of sp³-hybridized carbons (Fsp3) is 0.688. The summed E-state index contributed by atoms with van der Waals surface area (Å²) in [7, 11) is 0. The fourth-order valence-corrected chi connectivity index (χ4v) is 7.58. The number of carbonyl (C=O) groups excluding carboxylic acids is 5. The van der Waals surface area contributed by atoms with E-state index in [-0.39, 0.29) is 55.7 Å². The van der Waals surface area contributed by atoms with Crippen LogP contribution in [-0.4, -0.2) is 87.6 Å². The number of fused-ring (bicyclic) bond motifs is 4. The van der Waals surface area contributed by atoms with Gasteiger partial charge in [-0.3, -0.25) is 28.9 Å². The van der Waals surface area contributed by atoms with Crippen LogP contribution in [0.5, 0.6) is 0 Å². The first-order chi connectivity index (χ1) is 20.6. The average Bonchev–Trinajstić information content (AvgIpc) is 3.51. The zero-order valence-corrected chi connectivity index (χ0v) is 26.6. The van der Waals surface area contributed by atoms with E-state index in [1.165, 1.54) is 11.3 Å². The van der Waals surface area contributed by atoms with Crippen LogP contribution in [0.15, 0.2) is 23.3 Å². The van der Waals surface area contributed by atoms with Crippen molar-refractivity contribution in [1.29, 1.82) is 0 Å². The molecule has 3 unspecified atom stereocenters. The zero-order valence-electron chi connectivity index (χ0n) is 25.9. The largest absolute Gasteiger partial charge is 1.00 e. The Balaban J connectivity index is 0.000000247. The summed E-state index contributed by atoms with van der Waals surface area (Å²) in [6, 6.07) is 1.55. The van der Waals surface area contributed by atoms with E-state index in [1.54, 1.807) is 13.8 Å². The number of imide groups is 1. The predicted molar refractivity (Wildman–Crippen MR) is 155 cm³/mol. The monoisotopic (exact) mass is 635 g/mol. The molecule has 12 heteroatoms. The number of carboxylic acids is 1.